The van der Waals surface area contributed by atoms with Crippen molar-refractivity contribution >= 4 is 26.0 Å². The summed E-state index contributed by atoms with van der Waals surface area (Å²) in [5.74, 6) is 0.484. The lowest BCUT2D eigenvalue weighted by Gasteiger charge is -2.12. The van der Waals surface area contributed by atoms with Crippen molar-refractivity contribution in [3.63, 3.8) is 0 Å². The first-order valence-electron chi connectivity index (χ1n) is 6.85. The van der Waals surface area contributed by atoms with Crippen molar-refractivity contribution in [1.29, 1.82) is 0 Å². The molecule has 0 aliphatic heterocycles. The van der Waals surface area contributed by atoms with Gasteiger partial charge in [-0.25, -0.2) is 13.1 Å². The molecule has 1 aromatic carbocycles. The molecule has 23 heavy (non-hydrogen) atoms. The molecule has 0 amide bonds. The average Bonchev–Trinajstić information content (AvgIpc) is 2.50. The summed E-state index contributed by atoms with van der Waals surface area (Å²) in [4.78, 5) is 12.2. The maximum absolute atomic E-state index is 12.3. The molecule has 0 bridgehead atoms. The van der Waals surface area contributed by atoms with E-state index < -0.39 is 10.0 Å². The van der Waals surface area contributed by atoms with Gasteiger partial charge in [-0.15, -0.1) is 0 Å². The van der Waals surface area contributed by atoms with E-state index in [9.17, 15) is 13.2 Å². The molecule has 0 saturated heterocycles. The van der Waals surface area contributed by atoms with E-state index in [1.165, 1.54) is 23.8 Å². The van der Waals surface area contributed by atoms with Gasteiger partial charge in [0.15, 0.2) is 0 Å². The average molecular weight is 401 g/mol. The fraction of sp³-hybridized carbons (Fsp3) is 0.267. The van der Waals surface area contributed by atoms with Crippen molar-refractivity contribution in [1.82, 2.24) is 9.29 Å². The molecule has 2 aromatic rings. The smallest absolute Gasteiger partial charge is 0.254 e. The van der Waals surface area contributed by atoms with E-state index in [1.807, 2.05) is 0 Å². The van der Waals surface area contributed by atoms with Crippen LogP contribution in [0, 0.1) is 6.92 Å². The van der Waals surface area contributed by atoms with Crippen molar-refractivity contribution in [2.24, 2.45) is 0 Å². The van der Waals surface area contributed by atoms with Gasteiger partial charge in [-0.2, -0.15) is 0 Å². The van der Waals surface area contributed by atoms with Crippen LogP contribution in [0.5, 0.6) is 5.75 Å². The molecular formula is C15H17BrN2O4S. The minimum absolute atomic E-state index is 0.108. The molecule has 1 N–H and O–H groups in total. The van der Waals surface area contributed by atoms with Crippen LogP contribution >= 0.6 is 15.9 Å². The molecular weight excluding hydrogens is 384 g/mol. The Morgan fingerprint density at radius 2 is 1.96 bits per heavy atom. The Labute approximate surface area is 143 Å². The van der Waals surface area contributed by atoms with Crippen LogP contribution in [0.1, 0.15) is 5.69 Å². The molecule has 0 unspecified atom stereocenters. The lowest BCUT2D eigenvalue weighted by atomic mass is 10.3. The summed E-state index contributed by atoms with van der Waals surface area (Å²) >= 11 is 3.22. The number of hydrogen-bond acceptors (Lipinski definition) is 4. The normalized spacial score (nSPS) is 11.4. The molecule has 1 aromatic heterocycles. The molecule has 0 aliphatic carbocycles. The molecule has 0 aliphatic rings. The summed E-state index contributed by atoms with van der Waals surface area (Å²) in [6.07, 6.45) is 0. The molecule has 0 atom stereocenters. The van der Waals surface area contributed by atoms with E-state index in [-0.39, 0.29) is 23.5 Å². The quantitative estimate of drug-likeness (QED) is 0.802. The summed E-state index contributed by atoms with van der Waals surface area (Å²) in [6, 6.07) is 9.66. The molecule has 6 nitrogen and oxygen atoms in total. The highest BCUT2D eigenvalue weighted by molar-refractivity contribution is 9.10. The Bertz CT molecular complexity index is 862. The number of sulfonamides is 1. The molecule has 124 valence electrons. The van der Waals surface area contributed by atoms with Crippen LogP contribution in [-0.4, -0.2) is 26.6 Å². The number of methoxy groups -OCH3 is 1. The number of halogens is 1. The summed E-state index contributed by atoms with van der Waals surface area (Å²) in [6.45, 7) is 2.11. The minimum atomic E-state index is -3.64. The molecule has 1 heterocycles. The Balaban J connectivity index is 2.11. The van der Waals surface area contributed by atoms with E-state index in [0.717, 1.165) is 0 Å². The first-order valence-corrected chi connectivity index (χ1v) is 9.12. The minimum Gasteiger partial charge on any atom is -0.496 e. The first kappa shape index (κ1) is 17.7. The number of benzene rings is 1. The Morgan fingerprint density at radius 1 is 1.26 bits per heavy atom. The number of aryl methyl sites for hydroxylation is 1. The summed E-state index contributed by atoms with van der Waals surface area (Å²) in [7, 11) is -2.15. The molecule has 0 spiro atoms. The van der Waals surface area contributed by atoms with Crippen LogP contribution in [0.25, 0.3) is 0 Å². The fourth-order valence-electron chi connectivity index (χ4n) is 2.14. The fourth-order valence-corrected chi connectivity index (χ4v) is 4.16. The third kappa shape index (κ3) is 4.21. The Kier molecular flexibility index (Phi) is 5.61. The first-order chi connectivity index (χ1) is 10.8. The number of rotatable bonds is 6. The van der Waals surface area contributed by atoms with Gasteiger partial charge in [0.05, 0.1) is 12.0 Å². The second kappa shape index (κ2) is 7.29. The monoisotopic (exact) mass is 400 g/mol. The standard InChI is InChI=1S/C15H17BrN2O4S/c1-11-9-12(22-2)10-15(19)18(11)8-7-17-23(20,21)14-6-4-3-5-13(14)16/h3-6,9-10,17H,7-8H2,1-2H3. The van der Waals surface area contributed by atoms with Gasteiger partial charge in [-0.1, -0.05) is 12.1 Å². The van der Waals surface area contributed by atoms with Crippen molar-refractivity contribution in [2.75, 3.05) is 13.7 Å². The summed E-state index contributed by atoms with van der Waals surface area (Å²) < 4.78 is 34.0. The van der Waals surface area contributed by atoms with Crippen LogP contribution in [0.4, 0.5) is 0 Å². The third-order valence-electron chi connectivity index (χ3n) is 3.30. The van der Waals surface area contributed by atoms with Gasteiger partial charge in [0.25, 0.3) is 5.56 Å². The Morgan fingerprint density at radius 3 is 2.57 bits per heavy atom. The van der Waals surface area contributed by atoms with E-state index in [1.54, 1.807) is 31.2 Å². The molecule has 8 heteroatoms. The third-order valence-corrected chi connectivity index (χ3v) is 5.77. The van der Waals surface area contributed by atoms with E-state index >= 15 is 0 Å². The predicted molar refractivity (Wildman–Crippen MR) is 91.3 cm³/mol. The number of ether oxygens (including phenoxy) is 1. The molecule has 0 fully saturated rings. The lowest BCUT2D eigenvalue weighted by Crippen LogP contribution is -2.31. The van der Waals surface area contributed by atoms with E-state index in [4.69, 9.17) is 4.74 Å². The second-order valence-electron chi connectivity index (χ2n) is 4.85. The van der Waals surface area contributed by atoms with Crippen LogP contribution in [0.3, 0.4) is 0 Å². The second-order valence-corrected chi connectivity index (χ2v) is 7.44. The van der Waals surface area contributed by atoms with Crippen molar-refractivity contribution in [2.45, 2.75) is 18.4 Å². The predicted octanol–water partition coefficient (Wildman–Crippen LogP) is 1.91. The van der Waals surface area contributed by atoms with Crippen molar-refractivity contribution in [3.05, 3.63) is 56.9 Å². The summed E-state index contributed by atoms with van der Waals surface area (Å²) in [5.41, 5.74) is 0.469. The SMILES string of the molecule is COc1cc(C)n(CCNS(=O)(=O)c2ccccc2Br)c(=O)c1. The highest BCUT2D eigenvalue weighted by Gasteiger charge is 2.16. The number of aromatic nitrogens is 1. The zero-order chi connectivity index (χ0) is 17.0. The van der Waals surface area contributed by atoms with E-state index in [2.05, 4.69) is 20.7 Å². The number of nitrogens with zero attached hydrogens (tertiary/aromatic N) is 1. The van der Waals surface area contributed by atoms with Crippen LogP contribution in [0.15, 0.2) is 50.6 Å². The zero-order valence-corrected chi connectivity index (χ0v) is 15.1. The van der Waals surface area contributed by atoms with Gasteiger partial charge in [-0.3, -0.25) is 4.79 Å². The van der Waals surface area contributed by atoms with Crippen LogP contribution in [-0.2, 0) is 16.6 Å². The van der Waals surface area contributed by atoms with Gasteiger partial charge in [0.2, 0.25) is 10.0 Å². The Hall–Kier alpha value is -1.64. The molecule has 0 saturated carbocycles. The maximum atomic E-state index is 12.3. The van der Waals surface area contributed by atoms with Gasteiger partial charge in [0.1, 0.15) is 5.75 Å². The van der Waals surface area contributed by atoms with Gasteiger partial charge in [0, 0.05) is 29.3 Å². The van der Waals surface area contributed by atoms with Gasteiger partial charge < -0.3 is 9.30 Å². The van der Waals surface area contributed by atoms with Crippen molar-refractivity contribution < 1.29 is 13.2 Å². The number of hydrogen-bond donors (Lipinski definition) is 1. The van der Waals surface area contributed by atoms with Gasteiger partial charge in [-0.05, 0) is 41.1 Å². The molecule has 2 rings (SSSR count). The highest BCUT2D eigenvalue weighted by atomic mass is 79.9. The maximum Gasteiger partial charge on any atom is 0.254 e. The van der Waals surface area contributed by atoms with Crippen LogP contribution in [0.2, 0.25) is 0 Å². The van der Waals surface area contributed by atoms with E-state index in [0.29, 0.717) is 15.9 Å². The van der Waals surface area contributed by atoms with Crippen molar-refractivity contribution in [3.8, 4) is 5.75 Å². The zero-order valence-electron chi connectivity index (χ0n) is 12.7. The van der Waals surface area contributed by atoms with Crippen LogP contribution < -0.4 is 15.0 Å². The highest BCUT2D eigenvalue weighted by Crippen LogP contribution is 2.20. The largest absolute Gasteiger partial charge is 0.496 e. The summed E-state index contributed by atoms with van der Waals surface area (Å²) in [5, 5.41) is 0. The topological polar surface area (TPSA) is 77.4 Å². The number of nitrogens with one attached hydrogen (secondary N) is 1. The number of pyridine rings is 1. The van der Waals surface area contributed by atoms with Gasteiger partial charge >= 0.3 is 0 Å². The molecule has 0 radical (unpaired) electrons. The lowest BCUT2D eigenvalue weighted by molar-refractivity contribution is 0.411.